The van der Waals surface area contributed by atoms with Crippen molar-refractivity contribution in [2.75, 3.05) is 63.9 Å². The number of benzene rings is 2. The Kier molecular flexibility index (Phi) is 10.8. The lowest BCUT2D eigenvalue weighted by atomic mass is 9.63. The first-order chi connectivity index (χ1) is 27.0. The lowest BCUT2D eigenvalue weighted by Gasteiger charge is -2.53. The average Bonchev–Trinajstić information content (AvgIpc) is 4.02. The summed E-state index contributed by atoms with van der Waals surface area (Å²) < 4.78 is 44.1. The van der Waals surface area contributed by atoms with Crippen molar-refractivity contribution >= 4 is 33.2 Å². The first-order valence-electron chi connectivity index (χ1n) is 21.7. The number of ether oxygens (including phenoxy) is 2. The molecule has 4 fully saturated rings. The van der Waals surface area contributed by atoms with Gasteiger partial charge in [0.05, 0.1) is 24.2 Å². The minimum absolute atomic E-state index is 0.200. The SMILES string of the molecule is C[C@@H]1[C@@H](C)C/C=C\[C@@](CN2CCN3CCCC[C@@H]3C2)(OCC2CC2)[C@@H]2CC[C@H]2CN2C[C@@]3(CCCc4cc(Cl)ccc43)COc3ccc(cc32)C(=O)NS1(=O)=O. The fourth-order valence-electron chi connectivity index (χ4n) is 11.0. The number of hydrogen-bond donors (Lipinski definition) is 1. The number of sulfonamides is 1. The molecule has 2 aromatic rings. The number of nitrogens with zero attached hydrogens (tertiary/aromatic N) is 3. The van der Waals surface area contributed by atoms with Crippen LogP contribution in [0, 0.1) is 23.7 Å². The van der Waals surface area contributed by atoms with Crippen molar-refractivity contribution < 1.29 is 22.7 Å². The van der Waals surface area contributed by atoms with Crippen LogP contribution in [0.25, 0.3) is 0 Å². The van der Waals surface area contributed by atoms with E-state index in [-0.39, 0.29) is 11.3 Å². The predicted octanol–water partition coefficient (Wildman–Crippen LogP) is 7.22. The van der Waals surface area contributed by atoms with E-state index < -0.39 is 26.8 Å². The molecule has 1 amide bonds. The number of carbonyl (C=O) groups excluding carboxylic acids is 1. The maximum Gasteiger partial charge on any atom is 0.264 e. The summed E-state index contributed by atoms with van der Waals surface area (Å²) in [4.78, 5) is 21.7. The summed E-state index contributed by atoms with van der Waals surface area (Å²) in [6.07, 6.45) is 16.8. The fraction of sp³-hybridized carbons (Fsp3) is 0.667. The van der Waals surface area contributed by atoms with Gasteiger partial charge in [-0.2, -0.15) is 0 Å². The van der Waals surface area contributed by atoms with Gasteiger partial charge >= 0.3 is 0 Å². The summed E-state index contributed by atoms with van der Waals surface area (Å²) >= 11 is 6.55. The molecule has 7 aliphatic rings. The number of halogens is 1. The Morgan fingerprint density at radius 2 is 1.86 bits per heavy atom. The first-order valence-corrected chi connectivity index (χ1v) is 23.6. The van der Waals surface area contributed by atoms with Crippen molar-refractivity contribution in [1.82, 2.24) is 14.5 Å². The molecule has 9 nitrogen and oxygen atoms in total. The molecule has 0 aromatic heterocycles. The molecule has 1 spiro atoms. The molecule has 2 bridgehead atoms. The van der Waals surface area contributed by atoms with Gasteiger partial charge in [-0.1, -0.05) is 43.2 Å². The Hall–Kier alpha value is -2.63. The van der Waals surface area contributed by atoms with Crippen LogP contribution in [-0.4, -0.2) is 100 Å². The number of fused-ring (bicyclic) bond motifs is 5. The number of allylic oxidation sites excluding steroid dienone is 1. The third-order valence-corrected chi connectivity index (χ3v) is 17.1. The van der Waals surface area contributed by atoms with Crippen LogP contribution in [0.2, 0.25) is 5.02 Å². The van der Waals surface area contributed by atoms with E-state index >= 15 is 0 Å². The van der Waals surface area contributed by atoms with Crippen molar-refractivity contribution in [1.29, 1.82) is 0 Å². The van der Waals surface area contributed by atoms with E-state index in [4.69, 9.17) is 21.1 Å². The molecule has 9 rings (SSSR count). The number of aryl methyl sites for hydroxylation is 1. The smallest absolute Gasteiger partial charge is 0.264 e. The summed E-state index contributed by atoms with van der Waals surface area (Å²) in [7, 11) is -3.95. The standard InChI is InChI=1S/C45H61ClN4O5S/c1-31-7-5-19-45(55-27-33-10-11-33,29-48-21-22-49-20-4-3-9-38(49)26-48)40-15-12-36(40)25-50-28-44(18-6-8-34-23-37(46)14-16-39(34)44)30-54-42-17-13-35(24-41(42)50)43(51)47-56(52,53)32(31)2/h5,13-14,16-17,19,23-24,31-33,36,38,40H,3-4,6-12,15,18,20-22,25-30H2,1-2H3,(H,47,51)/b19-5-/t31-,32+,36-,38+,40+,44-,45-/m0/s1. The maximum absolute atomic E-state index is 13.8. The second-order valence-electron chi connectivity index (χ2n) is 18.7. The number of anilines is 1. The number of nitrogens with one attached hydrogen (secondary N) is 1. The van der Waals surface area contributed by atoms with Gasteiger partial charge in [-0.3, -0.25) is 14.6 Å². The number of hydrogen-bond acceptors (Lipinski definition) is 8. The van der Waals surface area contributed by atoms with E-state index in [1.54, 1.807) is 13.0 Å². The van der Waals surface area contributed by atoms with Crippen LogP contribution >= 0.6 is 11.6 Å². The lowest BCUT2D eigenvalue weighted by Crippen LogP contribution is -2.61. The van der Waals surface area contributed by atoms with Crippen molar-refractivity contribution in [3.05, 3.63) is 70.3 Å². The largest absolute Gasteiger partial charge is 0.490 e. The van der Waals surface area contributed by atoms with Crippen LogP contribution in [0.4, 0.5) is 5.69 Å². The van der Waals surface area contributed by atoms with Gasteiger partial charge in [0.25, 0.3) is 5.91 Å². The summed E-state index contributed by atoms with van der Waals surface area (Å²) in [6.45, 7) is 11.9. The fourth-order valence-corrected chi connectivity index (χ4v) is 12.5. The maximum atomic E-state index is 13.8. The van der Waals surface area contributed by atoms with Gasteiger partial charge < -0.3 is 14.4 Å². The van der Waals surface area contributed by atoms with Crippen LogP contribution in [0.1, 0.15) is 99.5 Å². The van der Waals surface area contributed by atoms with E-state index in [9.17, 15) is 13.2 Å². The molecule has 1 N–H and O–H groups in total. The van der Waals surface area contributed by atoms with Gasteiger partial charge in [0.15, 0.2) is 0 Å². The molecule has 3 aliphatic carbocycles. The van der Waals surface area contributed by atoms with Gasteiger partial charge in [-0.25, -0.2) is 13.1 Å². The molecule has 11 heteroatoms. The number of rotatable bonds is 5. The Labute approximate surface area is 339 Å². The quantitative estimate of drug-likeness (QED) is 0.317. The van der Waals surface area contributed by atoms with Crippen LogP contribution in [0.3, 0.4) is 0 Å². The van der Waals surface area contributed by atoms with Crippen molar-refractivity contribution in [2.45, 2.75) is 107 Å². The van der Waals surface area contributed by atoms with E-state index in [2.05, 4.69) is 43.7 Å². The highest BCUT2D eigenvalue weighted by Crippen LogP contribution is 2.50. The molecule has 2 saturated heterocycles. The molecule has 4 aliphatic heterocycles. The molecule has 56 heavy (non-hydrogen) atoms. The van der Waals surface area contributed by atoms with E-state index in [1.165, 1.54) is 49.8 Å². The Morgan fingerprint density at radius 3 is 2.68 bits per heavy atom. The third kappa shape index (κ3) is 7.67. The zero-order valence-corrected chi connectivity index (χ0v) is 35.0. The molecule has 304 valence electrons. The normalized spacial score (nSPS) is 35.5. The first kappa shape index (κ1) is 38.9. The molecular formula is C45H61ClN4O5S. The Balaban J connectivity index is 1.12. The van der Waals surface area contributed by atoms with Crippen LogP contribution < -0.4 is 14.4 Å². The van der Waals surface area contributed by atoms with E-state index in [0.29, 0.717) is 42.4 Å². The molecule has 0 unspecified atom stereocenters. The Bertz CT molecular complexity index is 1940. The highest BCUT2D eigenvalue weighted by molar-refractivity contribution is 7.90. The molecule has 0 radical (unpaired) electrons. The minimum atomic E-state index is -3.95. The summed E-state index contributed by atoms with van der Waals surface area (Å²) in [6, 6.07) is 12.4. The number of carbonyl (C=O) groups is 1. The molecular weight excluding hydrogens is 744 g/mol. The van der Waals surface area contributed by atoms with Gasteiger partial charge in [0.2, 0.25) is 10.0 Å². The summed E-state index contributed by atoms with van der Waals surface area (Å²) in [5, 5.41) is -0.00206. The topological polar surface area (TPSA) is 91.4 Å². The van der Waals surface area contributed by atoms with E-state index in [0.717, 1.165) is 94.4 Å². The number of amides is 1. The highest BCUT2D eigenvalue weighted by Gasteiger charge is 2.51. The van der Waals surface area contributed by atoms with Gasteiger partial charge in [0, 0.05) is 61.3 Å². The van der Waals surface area contributed by atoms with Crippen LogP contribution in [-0.2, 0) is 26.6 Å². The second kappa shape index (κ2) is 15.5. The van der Waals surface area contributed by atoms with Gasteiger partial charge in [-0.05, 0) is 143 Å². The highest BCUT2D eigenvalue weighted by atomic mass is 35.5. The van der Waals surface area contributed by atoms with Gasteiger partial charge in [0.1, 0.15) is 11.4 Å². The third-order valence-electron chi connectivity index (χ3n) is 14.9. The molecule has 4 heterocycles. The van der Waals surface area contributed by atoms with E-state index in [1.807, 2.05) is 25.1 Å². The minimum Gasteiger partial charge on any atom is -0.490 e. The molecule has 2 aromatic carbocycles. The van der Waals surface area contributed by atoms with Crippen molar-refractivity contribution in [2.24, 2.45) is 23.7 Å². The average molecular weight is 806 g/mol. The molecule has 7 atom stereocenters. The van der Waals surface area contributed by atoms with Gasteiger partial charge in [-0.15, -0.1) is 0 Å². The number of piperidine rings is 1. The zero-order chi connectivity index (χ0) is 38.7. The van der Waals surface area contributed by atoms with Crippen LogP contribution in [0.15, 0.2) is 48.6 Å². The number of piperazine rings is 1. The van der Waals surface area contributed by atoms with Crippen LogP contribution in [0.5, 0.6) is 5.75 Å². The molecule has 2 saturated carbocycles. The monoisotopic (exact) mass is 804 g/mol. The Morgan fingerprint density at radius 1 is 0.982 bits per heavy atom. The van der Waals surface area contributed by atoms with Crippen molar-refractivity contribution in [3.8, 4) is 5.75 Å². The lowest BCUT2D eigenvalue weighted by molar-refractivity contribution is -0.122. The second-order valence-corrected chi connectivity index (χ2v) is 21.1. The summed E-state index contributed by atoms with van der Waals surface area (Å²) in [5.41, 5.74) is 3.05. The predicted molar refractivity (Wildman–Crippen MR) is 222 cm³/mol. The summed E-state index contributed by atoms with van der Waals surface area (Å²) in [5.74, 6) is 1.23. The zero-order valence-electron chi connectivity index (χ0n) is 33.4. The van der Waals surface area contributed by atoms with Crippen molar-refractivity contribution in [3.63, 3.8) is 0 Å².